The van der Waals surface area contributed by atoms with Crippen molar-refractivity contribution in [1.82, 2.24) is 0 Å². The van der Waals surface area contributed by atoms with Crippen LogP contribution in [0.4, 0.5) is 0 Å². The Labute approximate surface area is 212 Å². The van der Waals surface area contributed by atoms with Crippen molar-refractivity contribution in [3.63, 3.8) is 0 Å². The highest BCUT2D eigenvalue weighted by atomic mass is 14.7. The zero-order chi connectivity index (χ0) is 24.9. The van der Waals surface area contributed by atoms with Gasteiger partial charge in [-0.15, -0.1) is 0 Å². The lowest BCUT2D eigenvalue weighted by molar-refractivity contribution is 0.197. The Balaban J connectivity index is 2.13. The van der Waals surface area contributed by atoms with Gasteiger partial charge in [-0.25, -0.2) is 0 Å². The molecule has 1 heteroatoms. The zero-order valence-corrected chi connectivity index (χ0v) is 23.4. The molecule has 0 spiro atoms. The van der Waals surface area contributed by atoms with Crippen LogP contribution in [0.2, 0.25) is 0 Å². The van der Waals surface area contributed by atoms with Crippen LogP contribution < -0.4 is 0 Å². The first-order valence-electron chi connectivity index (χ1n) is 14.4. The van der Waals surface area contributed by atoms with Crippen LogP contribution in [0.3, 0.4) is 0 Å². The average Bonchev–Trinajstić information content (AvgIpc) is 2.85. The molecule has 0 aromatic carbocycles. The lowest BCUT2D eigenvalue weighted by Crippen LogP contribution is -2.24. The first-order valence-corrected chi connectivity index (χ1v) is 14.4. The minimum absolute atomic E-state index is 0.317. The van der Waals surface area contributed by atoms with Crippen LogP contribution in [0.1, 0.15) is 113 Å². The molecule has 190 valence electrons. The number of unbranched alkanes of at least 4 members (excludes halogenated alkanes) is 1. The number of hydrogen-bond donors (Lipinski definition) is 0. The van der Waals surface area contributed by atoms with Crippen LogP contribution in [0, 0.1) is 29.6 Å². The van der Waals surface area contributed by atoms with E-state index in [0.717, 1.165) is 17.8 Å². The Morgan fingerprint density at radius 1 is 1.15 bits per heavy atom. The number of rotatable bonds is 12. The van der Waals surface area contributed by atoms with Crippen molar-refractivity contribution in [3.05, 3.63) is 58.9 Å². The molecule has 1 saturated carbocycles. The summed E-state index contributed by atoms with van der Waals surface area (Å²) in [5, 5.41) is 0. The summed E-state index contributed by atoms with van der Waals surface area (Å²) >= 11 is 0. The summed E-state index contributed by atoms with van der Waals surface area (Å²) in [6.45, 7) is 15.9. The van der Waals surface area contributed by atoms with Crippen LogP contribution in [0.15, 0.2) is 63.9 Å². The van der Waals surface area contributed by atoms with Crippen molar-refractivity contribution in [2.45, 2.75) is 113 Å². The van der Waals surface area contributed by atoms with Crippen molar-refractivity contribution in [2.75, 3.05) is 0 Å². The lowest BCUT2D eigenvalue weighted by Gasteiger charge is -2.36. The molecule has 0 aliphatic heterocycles. The van der Waals surface area contributed by atoms with Gasteiger partial charge in [0, 0.05) is 23.7 Å². The van der Waals surface area contributed by atoms with E-state index in [2.05, 4.69) is 78.0 Å². The van der Waals surface area contributed by atoms with Gasteiger partial charge in [-0.1, -0.05) is 101 Å². The first kappa shape index (κ1) is 28.6. The number of nitrogens with zero attached hydrogens (tertiary/aromatic N) is 1. The molecular formula is C33H53N. The van der Waals surface area contributed by atoms with Crippen molar-refractivity contribution < 1.29 is 0 Å². The molecule has 1 fully saturated rings. The van der Waals surface area contributed by atoms with Crippen molar-refractivity contribution >= 4 is 6.21 Å². The van der Waals surface area contributed by atoms with Gasteiger partial charge in [0.25, 0.3) is 0 Å². The number of hydrogen-bond acceptors (Lipinski definition) is 1. The third kappa shape index (κ3) is 8.86. The summed E-state index contributed by atoms with van der Waals surface area (Å²) < 4.78 is 0. The molecule has 0 bridgehead atoms. The number of allylic oxidation sites excluding steroid dienone is 9. The maximum absolute atomic E-state index is 4.79. The second-order valence-electron chi connectivity index (χ2n) is 10.9. The van der Waals surface area contributed by atoms with Gasteiger partial charge in [0.15, 0.2) is 0 Å². The molecular weight excluding hydrogens is 410 g/mol. The van der Waals surface area contributed by atoms with Crippen molar-refractivity contribution in [3.8, 4) is 0 Å². The van der Waals surface area contributed by atoms with Gasteiger partial charge in [-0.2, -0.15) is 0 Å². The molecule has 0 N–H and O–H groups in total. The van der Waals surface area contributed by atoms with Crippen molar-refractivity contribution in [2.24, 2.45) is 34.6 Å². The molecule has 2 rings (SSSR count). The lowest BCUT2D eigenvalue weighted by atomic mass is 9.69. The Kier molecular flexibility index (Phi) is 12.9. The molecule has 0 saturated heterocycles. The van der Waals surface area contributed by atoms with E-state index >= 15 is 0 Å². The quantitative estimate of drug-likeness (QED) is 0.201. The summed E-state index contributed by atoms with van der Waals surface area (Å²) in [5.74, 6) is 3.36. The monoisotopic (exact) mass is 463 g/mol. The normalized spacial score (nSPS) is 26.6. The second kappa shape index (κ2) is 15.4. The zero-order valence-electron chi connectivity index (χ0n) is 23.4. The molecule has 2 aliphatic carbocycles. The fourth-order valence-electron chi connectivity index (χ4n) is 5.80. The van der Waals surface area contributed by atoms with Gasteiger partial charge >= 0.3 is 0 Å². The third-order valence-corrected chi connectivity index (χ3v) is 8.19. The highest BCUT2D eigenvalue weighted by Crippen LogP contribution is 2.42. The Morgan fingerprint density at radius 2 is 1.94 bits per heavy atom. The van der Waals surface area contributed by atoms with Crippen LogP contribution in [-0.2, 0) is 0 Å². The first-order chi connectivity index (χ1) is 16.4. The Morgan fingerprint density at radius 3 is 2.62 bits per heavy atom. The molecule has 34 heavy (non-hydrogen) atoms. The average molecular weight is 464 g/mol. The van der Waals surface area contributed by atoms with E-state index in [0.29, 0.717) is 11.8 Å². The summed E-state index contributed by atoms with van der Waals surface area (Å²) in [4.78, 5) is 4.79. The smallest absolute Gasteiger partial charge is 0.0431 e. The molecule has 2 aliphatic rings. The van der Waals surface area contributed by atoms with E-state index < -0.39 is 0 Å². The highest BCUT2D eigenvalue weighted by molar-refractivity contribution is 5.55. The molecule has 0 amide bonds. The minimum Gasteiger partial charge on any atom is -0.266 e. The highest BCUT2D eigenvalue weighted by Gasteiger charge is 2.29. The molecule has 0 aromatic rings. The van der Waals surface area contributed by atoms with E-state index in [1.165, 1.54) is 81.1 Å². The van der Waals surface area contributed by atoms with Crippen LogP contribution >= 0.6 is 0 Å². The maximum atomic E-state index is 4.79. The molecule has 0 aromatic heterocycles. The van der Waals surface area contributed by atoms with Gasteiger partial charge in [-0.3, -0.25) is 4.99 Å². The van der Waals surface area contributed by atoms with Crippen LogP contribution in [0.25, 0.3) is 0 Å². The molecule has 1 nitrogen and oxygen atoms in total. The molecule has 5 unspecified atom stereocenters. The van der Waals surface area contributed by atoms with Gasteiger partial charge in [0.2, 0.25) is 0 Å². The summed E-state index contributed by atoms with van der Waals surface area (Å²) in [7, 11) is 0. The van der Waals surface area contributed by atoms with E-state index in [1.807, 2.05) is 13.1 Å². The van der Waals surface area contributed by atoms with E-state index in [-0.39, 0.29) is 0 Å². The van der Waals surface area contributed by atoms with Gasteiger partial charge in [0.05, 0.1) is 0 Å². The maximum Gasteiger partial charge on any atom is 0.0431 e. The van der Waals surface area contributed by atoms with Crippen LogP contribution in [-0.4, -0.2) is 6.21 Å². The topological polar surface area (TPSA) is 12.4 Å². The SMILES string of the molecule is C/C=N\C(=C/C(C)C1=CCCC(C2CCC(C)C(CCC)C2)=C1)C(C)/C=C\C(=C/C)CCCC. The summed E-state index contributed by atoms with van der Waals surface area (Å²) in [6, 6.07) is 0. The Bertz CT molecular complexity index is 787. The summed E-state index contributed by atoms with van der Waals surface area (Å²) in [6.07, 6.45) is 29.4. The fourth-order valence-corrected chi connectivity index (χ4v) is 5.80. The summed E-state index contributed by atoms with van der Waals surface area (Å²) in [5.41, 5.74) is 5.86. The van der Waals surface area contributed by atoms with E-state index in [4.69, 9.17) is 4.99 Å². The molecule has 0 heterocycles. The van der Waals surface area contributed by atoms with E-state index in [1.54, 1.807) is 5.57 Å². The Hall–Kier alpha value is -1.63. The minimum atomic E-state index is 0.317. The fraction of sp³-hybridized carbons (Fsp3) is 0.667. The van der Waals surface area contributed by atoms with Crippen LogP contribution in [0.5, 0.6) is 0 Å². The van der Waals surface area contributed by atoms with Gasteiger partial charge in [0.1, 0.15) is 0 Å². The van der Waals surface area contributed by atoms with Gasteiger partial charge in [-0.05, 0) is 82.1 Å². The third-order valence-electron chi connectivity index (χ3n) is 8.19. The number of aliphatic imine (C=N–C) groups is 1. The van der Waals surface area contributed by atoms with Gasteiger partial charge < -0.3 is 0 Å². The standard InChI is InChI=1S/C33H53N/c1-8-12-15-28(10-3)20-18-26(6)33(34-11-4)22-27(7)30-16-13-17-31(24-30)32-21-19-25(5)29(23-32)14-9-2/h10-11,16,18,20,22,24-27,29,32H,8-9,12-15,17,19,21,23H2,1-7H3/b20-18-,28-10-,33-22-,34-11-. The molecule has 0 radical (unpaired) electrons. The predicted octanol–water partition coefficient (Wildman–Crippen LogP) is 10.4. The van der Waals surface area contributed by atoms with E-state index in [9.17, 15) is 0 Å². The second-order valence-corrected chi connectivity index (χ2v) is 10.9. The molecule has 5 atom stereocenters. The largest absolute Gasteiger partial charge is 0.266 e. The van der Waals surface area contributed by atoms with Crippen molar-refractivity contribution in [1.29, 1.82) is 0 Å². The predicted molar refractivity (Wildman–Crippen MR) is 153 cm³/mol.